The number of hydrogen-bond acceptors (Lipinski definition) is 3. The molecule has 1 aromatic rings. The topological polar surface area (TPSA) is 57.7 Å². The second kappa shape index (κ2) is 6.69. The Labute approximate surface area is 144 Å². The van der Waals surface area contributed by atoms with Gasteiger partial charge in [0.2, 0.25) is 15.9 Å². The third-order valence-electron chi connectivity index (χ3n) is 5.12. The van der Waals surface area contributed by atoms with Gasteiger partial charge in [-0.25, -0.2) is 8.42 Å². The Bertz CT molecular complexity index is 713. The molecule has 24 heavy (non-hydrogen) atoms. The molecule has 0 saturated carbocycles. The van der Waals surface area contributed by atoms with Crippen LogP contribution in [-0.4, -0.2) is 48.7 Å². The van der Waals surface area contributed by atoms with E-state index >= 15 is 0 Å². The van der Waals surface area contributed by atoms with Gasteiger partial charge in [-0.1, -0.05) is 24.3 Å². The summed E-state index contributed by atoms with van der Waals surface area (Å²) in [7, 11) is -3.52. The molecule has 0 radical (unpaired) electrons. The third kappa shape index (κ3) is 3.00. The summed E-state index contributed by atoms with van der Waals surface area (Å²) in [6.07, 6.45) is 5.58. The molecule has 0 unspecified atom stereocenters. The van der Waals surface area contributed by atoms with E-state index in [-0.39, 0.29) is 11.4 Å². The highest BCUT2D eigenvalue weighted by molar-refractivity contribution is 7.89. The molecule has 2 aliphatic rings. The zero-order chi connectivity index (χ0) is 17.2. The zero-order valence-electron chi connectivity index (χ0n) is 13.9. The molecule has 0 aliphatic carbocycles. The number of nitrogens with zero attached hydrogens (tertiary/aromatic N) is 2. The van der Waals surface area contributed by atoms with Crippen LogP contribution in [0.5, 0.6) is 0 Å². The highest BCUT2D eigenvalue weighted by Gasteiger charge is 2.47. The largest absolute Gasteiger partial charge is 0.332 e. The molecule has 2 heterocycles. The maximum atomic E-state index is 13.0. The first kappa shape index (κ1) is 17.2. The molecule has 2 fully saturated rings. The molecule has 1 amide bonds. The summed E-state index contributed by atoms with van der Waals surface area (Å²) in [6.45, 7) is 5.13. The second-order valence-corrected chi connectivity index (χ2v) is 8.56. The van der Waals surface area contributed by atoms with Crippen LogP contribution in [0.15, 0.2) is 47.9 Å². The molecular formula is C18H24N2O3S. The van der Waals surface area contributed by atoms with Crippen molar-refractivity contribution in [2.75, 3.05) is 19.6 Å². The average Bonchev–Trinajstić information content (AvgIpc) is 2.59. The van der Waals surface area contributed by atoms with Gasteiger partial charge in [-0.3, -0.25) is 4.79 Å². The van der Waals surface area contributed by atoms with Crippen LogP contribution >= 0.6 is 0 Å². The fourth-order valence-corrected chi connectivity index (χ4v) is 5.55. The maximum Gasteiger partial charge on any atom is 0.243 e. The fraction of sp³-hybridized carbons (Fsp3) is 0.500. The number of benzene rings is 1. The highest BCUT2D eigenvalue weighted by Crippen LogP contribution is 2.38. The van der Waals surface area contributed by atoms with Crippen LogP contribution in [0.2, 0.25) is 0 Å². The third-order valence-corrected chi connectivity index (χ3v) is 6.98. The van der Waals surface area contributed by atoms with Gasteiger partial charge in [0.1, 0.15) is 0 Å². The molecule has 6 heteroatoms. The lowest BCUT2D eigenvalue weighted by atomic mass is 9.80. The van der Waals surface area contributed by atoms with E-state index in [0.29, 0.717) is 31.0 Å². The Morgan fingerprint density at radius 3 is 2.58 bits per heavy atom. The van der Waals surface area contributed by atoms with Crippen LogP contribution in [0.3, 0.4) is 0 Å². The van der Waals surface area contributed by atoms with E-state index in [2.05, 4.69) is 6.58 Å². The van der Waals surface area contributed by atoms with E-state index in [0.717, 1.165) is 25.7 Å². The van der Waals surface area contributed by atoms with Crippen molar-refractivity contribution in [3.8, 4) is 0 Å². The van der Waals surface area contributed by atoms with Crippen LogP contribution < -0.4 is 0 Å². The first-order valence-electron chi connectivity index (χ1n) is 8.46. The van der Waals surface area contributed by atoms with Gasteiger partial charge in [-0.05, 0) is 37.8 Å². The Hall–Kier alpha value is -1.66. The van der Waals surface area contributed by atoms with Gasteiger partial charge >= 0.3 is 0 Å². The minimum absolute atomic E-state index is 0.111. The van der Waals surface area contributed by atoms with Crippen molar-refractivity contribution in [2.45, 2.75) is 42.5 Å². The molecule has 3 rings (SSSR count). The van der Waals surface area contributed by atoms with Crippen molar-refractivity contribution in [2.24, 2.45) is 0 Å². The number of amides is 1. The lowest BCUT2D eigenvalue weighted by Gasteiger charge is -2.51. The predicted molar refractivity (Wildman–Crippen MR) is 92.9 cm³/mol. The number of rotatable bonds is 4. The zero-order valence-corrected chi connectivity index (χ0v) is 14.7. The summed E-state index contributed by atoms with van der Waals surface area (Å²) in [5.74, 6) is 0.111. The Morgan fingerprint density at radius 2 is 1.88 bits per heavy atom. The van der Waals surface area contributed by atoms with Gasteiger partial charge < -0.3 is 4.90 Å². The van der Waals surface area contributed by atoms with Crippen LogP contribution in [0.1, 0.15) is 32.1 Å². The molecule has 0 aromatic heterocycles. The van der Waals surface area contributed by atoms with Crippen LogP contribution in [0.25, 0.3) is 0 Å². The molecule has 1 spiro atoms. The lowest BCUT2D eigenvalue weighted by molar-refractivity contribution is -0.143. The van der Waals surface area contributed by atoms with Crippen molar-refractivity contribution in [3.63, 3.8) is 0 Å². The van der Waals surface area contributed by atoms with Crippen molar-refractivity contribution in [1.82, 2.24) is 9.21 Å². The normalized spacial score (nSPS) is 25.8. The molecule has 0 bridgehead atoms. The van der Waals surface area contributed by atoms with Crippen molar-refractivity contribution in [1.29, 1.82) is 0 Å². The van der Waals surface area contributed by atoms with Gasteiger partial charge in [-0.2, -0.15) is 4.31 Å². The monoisotopic (exact) mass is 348 g/mol. The smallest absolute Gasteiger partial charge is 0.243 e. The standard InChI is InChI=1S/C18H24N2O3S/c1-2-13-20-17(21)10-6-11-18(20)12-7-14-19(15-18)24(22,23)16-8-4-3-5-9-16/h2-5,8-9H,1,6-7,10-15H2/t18-/m0/s1. The Balaban J connectivity index is 1.91. The summed E-state index contributed by atoms with van der Waals surface area (Å²) in [5, 5.41) is 0. The number of carbonyl (C=O) groups is 1. The number of carbonyl (C=O) groups excluding carboxylic acids is 1. The highest BCUT2D eigenvalue weighted by atomic mass is 32.2. The van der Waals surface area contributed by atoms with E-state index in [1.54, 1.807) is 34.6 Å². The lowest BCUT2D eigenvalue weighted by Crippen LogP contribution is -2.63. The van der Waals surface area contributed by atoms with Crippen molar-refractivity contribution < 1.29 is 13.2 Å². The minimum atomic E-state index is -3.52. The van der Waals surface area contributed by atoms with Crippen LogP contribution in [-0.2, 0) is 14.8 Å². The summed E-state index contributed by atoms with van der Waals surface area (Å²) in [6, 6.07) is 8.54. The van der Waals surface area contributed by atoms with Gasteiger partial charge in [0.25, 0.3) is 0 Å². The molecule has 1 atom stereocenters. The Kier molecular flexibility index (Phi) is 4.78. The van der Waals surface area contributed by atoms with Crippen molar-refractivity contribution >= 4 is 15.9 Å². The van der Waals surface area contributed by atoms with Crippen LogP contribution in [0, 0.1) is 0 Å². The average molecular weight is 348 g/mol. The van der Waals surface area contributed by atoms with Gasteiger partial charge in [-0.15, -0.1) is 6.58 Å². The van der Waals surface area contributed by atoms with Gasteiger partial charge in [0, 0.05) is 26.1 Å². The molecular weight excluding hydrogens is 324 g/mol. The fourth-order valence-electron chi connectivity index (χ4n) is 3.97. The molecule has 5 nitrogen and oxygen atoms in total. The maximum absolute atomic E-state index is 13.0. The Morgan fingerprint density at radius 1 is 1.17 bits per heavy atom. The van der Waals surface area contributed by atoms with E-state index in [9.17, 15) is 13.2 Å². The number of piperidine rings is 2. The molecule has 2 saturated heterocycles. The molecule has 1 aromatic carbocycles. The van der Waals surface area contributed by atoms with Gasteiger partial charge in [0.05, 0.1) is 10.4 Å². The second-order valence-electron chi connectivity index (χ2n) is 6.63. The minimum Gasteiger partial charge on any atom is -0.332 e. The summed E-state index contributed by atoms with van der Waals surface area (Å²) in [4.78, 5) is 14.6. The molecule has 2 aliphatic heterocycles. The van der Waals surface area contributed by atoms with E-state index < -0.39 is 10.0 Å². The van der Waals surface area contributed by atoms with Crippen LogP contribution in [0.4, 0.5) is 0 Å². The summed E-state index contributed by atoms with van der Waals surface area (Å²) < 4.78 is 27.5. The number of hydrogen-bond donors (Lipinski definition) is 0. The quantitative estimate of drug-likeness (QED) is 0.785. The van der Waals surface area contributed by atoms with Gasteiger partial charge in [0.15, 0.2) is 0 Å². The summed E-state index contributed by atoms with van der Waals surface area (Å²) in [5.41, 5.74) is -0.385. The molecule has 0 N–H and O–H groups in total. The van der Waals surface area contributed by atoms with E-state index in [1.807, 2.05) is 11.0 Å². The first-order chi connectivity index (χ1) is 11.5. The van der Waals surface area contributed by atoms with Crippen molar-refractivity contribution in [3.05, 3.63) is 43.0 Å². The number of likely N-dealkylation sites (tertiary alicyclic amines) is 1. The SMILES string of the molecule is C=CCN1C(=O)CCC[C@@]12CCCN(S(=O)(=O)c1ccccc1)C2. The number of sulfonamides is 1. The van der Waals surface area contributed by atoms with E-state index in [4.69, 9.17) is 0 Å². The predicted octanol–water partition coefficient (Wildman–Crippen LogP) is 2.41. The van der Waals surface area contributed by atoms with E-state index in [1.165, 1.54) is 0 Å². The molecule has 130 valence electrons. The first-order valence-corrected chi connectivity index (χ1v) is 9.90. The summed E-state index contributed by atoms with van der Waals surface area (Å²) >= 11 is 0.